The maximum Gasteiger partial charge on any atom is 0.154 e. The van der Waals surface area contributed by atoms with Gasteiger partial charge in [0.05, 0.1) is 11.9 Å². The summed E-state index contributed by atoms with van der Waals surface area (Å²) in [5, 5.41) is 4.67. The van der Waals surface area contributed by atoms with E-state index in [9.17, 15) is 0 Å². The Morgan fingerprint density at radius 1 is 1.41 bits per heavy atom. The Balaban J connectivity index is 1.96. The lowest BCUT2D eigenvalue weighted by atomic mass is 9.95. The van der Waals surface area contributed by atoms with Gasteiger partial charge >= 0.3 is 0 Å². The summed E-state index contributed by atoms with van der Waals surface area (Å²) < 4.78 is 2.78. The second-order valence-corrected chi connectivity index (χ2v) is 5.52. The summed E-state index contributed by atoms with van der Waals surface area (Å²) >= 11 is 3.46. The van der Waals surface area contributed by atoms with Crippen LogP contribution < -0.4 is 0 Å². The maximum atomic E-state index is 4.67. The average molecular weight is 295 g/mol. The summed E-state index contributed by atoms with van der Waals surface area (Å²) in [6, 6.07) is 4.15. The summed E-state index contributed by atoms with van der Waals surface area (Å²) in [6.07, 6.45) is 4.28. The van der Waals surface area contributed by atoms with E-state index in [-0.39, 0.29) is 0 Å². The Bertz CT molecular complexity index is 536. The van der Waals surface area contributed by atoms with Crippen LogP contribution in [0.2, 0.25) is 0 Å². The van der Waals surface area contributed by atoms with Gasteiger partial charge in [0.2, 0.25) is 0 Å². The van der Waals surface area contributed by atoms with Gasteiger partial charge in [-0.05, 0) is 54.5 Å². The largest absolute Gasteiger partial charge is 0.306 e. The van der Waals surface area contributed by atoms with Crippen molar-refractivity contribution in [3.63, 3.8) is 0 Å². The Kier molecular flexibility index (Phi) is 2.88. The van der Waals surface area contributed by atoms with Gasteiger partial charge in [0.1, 0.15) is 4.60 Å². The van der Waals surface area contributed by atoms with E-state index in [4.69, 9.17) is 0 Å². The van der Waals surface area contributed by atoms with E-state index in [2.05, 4.69) is 44.0 Å². The van der Waals surface area contributed by atoms with Crippen molar-refractivity contribution in [2.45, 2.75) is 18.8 Å². The predicted octanol–water partition coefficient (Wildman–Crippen LogP) is 2.30. The number of fused-ring (bicyclic) bond motifs is 1. The fourth-order valence-electron chi connectivity index (χ4n) is 2.49. The normalized spacial score (nSPS) is 22.1. The molecule has 0 radical (unpaired) electrons. The van der Waals surface area contributed by atoms with Crippen LogP contribution >= 0.6 is 15.9 Å². The van der Waals surface area contributed by atoms with Crippen LogP contribution in [0.15, 0.2) is 22.9 Å². The lowest BCUT2D eigenvalue weighted by Gasteiger charge is -2.29. The van der Waals surface area contributed by atoms with Crippen LogP contribution in [0.5, 0.6) is 0 Å². The summed E-state index contributed by atoms with van der Waals surface area (Å²) in [5.74, 6) is 0.549. The molecule has 1 unspecified atom stereocenters. The third-order valence-corrected chi connectivity index (χ3v) is 3.92. The molecule has 0 saturated carbocycles. The maximum absolute atomic E-state index is 4.67. The molecule has 3 heterocycles. The number of aromatic nitrogens is 3. The highest BCUT2D eigenvalue weighted by atomic mass is 79.9. The van der Waals surface area contributed by atoms with E-state index in [1.807, 2.05) is 10.6 Å². The van der Waals surface area contributed by atoms with Crippen molar-refractivity contribution in [2.75, 3.05) is 20.1 Å². The molecule has 1 saturated heterocycles. The van der Waals surface area contributed by atoms with Crippen LogP contribution in [0.25, 0.3) is 5.65 Å². The molecule has 90 valence electrons. The van der Waals surface area contributed by atoms with Gasteiger partial charge in [-0.3, -0.25) is 0 Å². The van der Waals surface area contributed by atoms with Crippen molar-refractivity contribution in [1.82, 2.24) is 19.5 Å². The fourth-order valence-corrected chi connectivity index (χ4v) is 2.85. The van der Waals surface area contributed by atoms with Crippen LogP contribution in [0, 0.1) is 0 Å². The van der Waals surface area contributed by atoms with E-state index in [1.165, 1.54) is 25.1 Å². The first-order valence-corrected chi connectivity index (χ1v) is 6.72. The summed E-state index contributed by atoms with van der Waals surface area (Å²) in [7, 11) is 2.18. The Morgan fingerprint density at radius 3 is 3.12 bits per heavy atom. The van der Waals surface area contributed by atoms with Crippen LogP contribution in [0.4, 0.5) is 0 Å². The second-order valence-electron chi connectivity index (χ2n) is 4.71. The van der Waals surface area contributed by atoms with Crippen LogP contribution in [-0.2, 0) is 0 Å². The van der Waals surface area contributed by atoms with Crippen molar-refractivity contribution < 1.29 is 0 Å². The van der Waals surface area contributed by atoms with Gasteiger partial charge in [-0.2, -0.15) is 5.10 Å². The third kappa shape index (κ3) is 2.09. The zero-order chi connectivity index (χ0) is 11.8. The molecular formula is C12H15BrN4. The summed E-state index contributed by atoms with van der Waals surface area (Å²) in [6.45, 7) is 2.30. The highest BCUT2D eigenvalue weighted by Gasteiger charge is 2.20. The van der Waals surface area contributed by atoms with E-state index < -0.39 is 0 Å². The molecule has 0 aliphatic carbocycles. The number of nitrogens with zero attached hydrogens (tertiary/aromatic N) is 4. The second kappa shape index (κ2) is 4.38. The monoisotopic (exact) mass is 294 g/mol. The molecule has 2 aromatic heterocycles. The number of hydrogen-bond acceptors (Lipinski definition) is 3. The van der Waals surface area contributed by atoms with Crippen LogP contribution in [0.1, 0.15) is 24.5 Å². The average Bonchev–Trinajstić information content (AvgIpc) is 2.71. The van der Waals surface area contributed by atoms with Crippen molar-refractivity contribution in [1.29, 1.82) is 0 Å². The van der Waals surface area contributed by atoms with E-state index in [0.717, 1.165) is 16.8 Å². The molecule has 1 atom stereocenters. The first-order valence-electron chi connectivity index (χ1n) is 5.93. The highest BCUT2D eigenvalue weighted by Crippen LogP contribution is 2.25. The third-order valence-electron chi connectivity index (χ3n) is 3.38. The standard InChI is InChI=1S/C12H15BrN4/c1-16-6-2-3-9(8-16)10-4-5-12-14-7-11(13)17(12)15-10/h4-5,7,9H,2-3,6,8H2,1H3. The number of rotatable bonds is 1. The van der Waals surface area contributed by atoms with Crippen molar-refractivity contribution in [3.8, 4) is 0 Å². The van der Waals surface area contributed by atoms with E-state index in [1.54, 1.807) is 6.20 Å². The smallest absolute Gasteiger partial charge is 0.154 e. The lowest BCUT2D eigenvalue weighted by Crippen LogP contribution is -2.31. The molecule has 5 heteroatoms. The molecule has 17 heavy (non-hydrogen) atoms. The Morgan fingerprint density at radius 2 is 2.29 bits per heavy atom. The topological polar surface area (TPSA) is 33.4 Å². The number of imidazole rings is 1. The highest BCUT2D eigenvalue weighted by molar-refractivity contribution is 9.10. The van der Waals surface area contributed by atoms with Crippen molar-refractivity contribution in [3.05, 3.63) is 28.6 Å². The summed E-state index contributed by atoms with van der Waals surface area (Å²) in [4.78, 5) is 6.64. The van der Waals surface area contributed by atoms with Gasteiger partial charge in [-0.25, -0.2) is 9.50 Å². The molecule has 2 aromatic rings. The van der Waals surface area contributed by atoms with Crippen molar-refractivity contribution >= 4 is 21.6 Å². The van der Waals surface area contributed by atoms with Crippen LogP contribution in [-0.4, -0.2) is 39.6 Å². The number of halogens is 1. The first kappa shape index (κ1) is 11.2. The Hall–Kier alpha value is -0.940. The van der Waals surface area contributed by atoms with Gasteiger partial charge in [0.15, 0.2) is 5.65 Å². The zero-order valence-corrected chi connectivity index (χ0v) is 11.4. The minimum absolute atomic E-state index is 0.549. The van der Waals surface area contributed by atoms with E-state index >= 15 is 0 Å². The minimum Gasteiger partial charge on any atom is -0.306 e. The fraction of sp³-hybridized carbons (Fsp3) is 0.500. The number of likely N-dealkylation sites (N-methyl/N-ethyl adjacent to an activating group) is 1. The van der Waals surface area contributed by atoms with Gasteiger partial charge in [-0.1, -0.05) is 0 Å². The molecule has 0 N–H and O–H groups in total. The van der Waals surface area contributed by atoms with Gasteiger partial charge in [0, 0.05) is 12.5 Å². The minimum atomic E-state index is 0.549. The Labute approximate surface area is 109 Å². The molecule has 0 aromatic carbocycles. The molecule has 4 nitrogen and oxygen atoms in total. The molecule has 0 spiro atoms. The van der Waals surface area contributed by atoms with Crippen LogP contribution in [0.3, 0.4) is 0 Å². The molecule has 3 rings (SSSR count). The zero-order valence-electron chi connectivity index (χ0n) is 9.80. The lowest BCUT2D eigenvalue weighted by molar-refractivity contribution is 0.247. The quantitative estimate of drug-likeness (QED) is 0.809. The molecule has 1 aliphatic heterocycles. The van der Waals surface area contributed by atoms with Gasteiger partial charge in [0.25, 0.3) is 0 Å². The summed E-state index contributed by atoms with van der Waals surface area (Å²) in [5.41, 5.74) is 2.06. The molecule has 1 fully saturated rings. The molecule has 0 bridgehead atoms. The van der Waals surface area contributed by atoms with Crippen molar-refractivity contribution in [2.24, 2.45) is 0 Å². The predicted molar refractivity (Wildman–Crippen MR) is 70.2 cm³/mol. The molecular weight excluding hydrogens is 280 g/mol. The number of piperidine rings is 1. The first-order chi connectivity index (χ1) is 8.24. The molecule has 0 amide bonds. The van der Waals surface area contributed by atoms with E-state index in [0.29, 0.717) is 5.92 Å². The SMILES string of the molecule is CN1CCCC(c2ccc3ncc(Br)n3n2)C1. The number of likely N-dealkylation sites (tertiary alicyclic amines) is 1. The van der Waals surface area contributed by atoms with Gasteiger partial charge in [-0.15, -0.1) is 0 Å². The van der Waals surface area contributed by atoms with Gasteiger partial charge < -0.3 is 4.90 Å². The molecule has 1 aliphatic rings. The number of hydrogen-bond donors (Lipinski definition) is 0.